The van der Waals surface area contributed by atoms with E-state index in [1.807, 2.05) is 23.9 Å². The van der Waals surface area contributed by atoms with E-state index in [2.05, 4.69) is 22.2 Å². The molecule has 2 fully saturated rings. The number of nitrogens with zero attached hydrogens (tertiary/aromatic N) is 2. The molecule has 3 rings (SSSR count). The van der Waals surface area contributed by atoms with E-state index < -0.39 is 0 Å². The molecule has 0 bridgehead atoms. The van der Waals surface area contributed by atoms with Gasteiger partial charge in [-0.15, -0.1) is 11.8 Å². The van der Waals surface area contributed by atoms with Gasteiger partial charge in [0.15, 0.2) is 0 Å². The van der Waals surface area contributed by atoms with Crippen LogP contribution < -0.4 is 0 Å². The minimum absolute atomic E-state index is 0.718. The van der Waals surface area contributed by atoms with Gasteiger partial charge >= 0.3 is 0 Å². The van der Waals surface area contributed by atoms with E-state index in [9.17, 15) is 0 Å². The summed E-state index contributed by atoms with van der Waals surface area (Å²) in [5.41, 5.74) is 0. The molecule has 110 valence electrons. The quantitative estimate of drug-likeness (QED) is 0.822. The zero-order valence-electron chi connectivity index (χ0n) is 11.9. The van der Waals surface area contributed by atoms with Crippen LogP contribution in [0.25, 0.3) is 0 Å². The van der Waals surface area contributed by atoms with Crippen LogP contribution in [0.15, 0.2) is 29.2 Å². The molecule has 1 aromatic rings. The summed E-state index contributed by atoms with van der Waals surface area (Å²) in [7, 11) is 0. The van der Waals surface area contributed by atoms with Gasteiger partial charge in [0.05, 0.1) is 5.02 Å². The van der Waals surface area contributed by atoms with Crippen molar-refractivity contribution >= 4 is 23.4 Å². The monoisotopic (exact) mass is 310 g/mol. The summed E-state index contributed by atoms with van der Waals surface area (Å²) in [5.74, 6) is 0. The van der Waals surface area contributed by atoms with Crippen LogP contribution in [0.1, 0.15) is 32.1 Å². The summed E-state index contributed by atoms with van der Waals surface area (Å²) in [5, 5.41) is 6.79. The van der Waals surface area contributed by atoms with Gasteiger partial charge in [-0.2, -0.15) is 0 Å². The normalized spacial score (nSPS) is 23.1. The Kier molecular flexibility index (Phi) is 5.27. The van der Waals surface area contributed by atoms with Crippen molar-refractivity contribution in [3.05, 3.63) is 29.3 Å². The van der Waals surface area contributed by atoms with Crippen LogP contribution in [-0.4, -0.2) is 41.4 Å². The average Bonchev–Trinajstić information content (AvgIpc) is 2.51. The molecule has 0 amide bonds. The second-order valence-electron chi connectivity index (χ2n) is 5.72. The molecule has 0 atom stereocenters. The number of hydrogen-bond acceptors (Lipinski definition) is 3. The summed E-state index contributed by atoms with van der Waals surface area (Å²) >= 11 is 8.22. The fourth-order valence-electron chi connectivity index (χ4n) is 3.12. The number of piperidine rings is 2. The van der Waals surface area contributed by atoms with E-state index in [-0.39, 0.29) is 0 Å². The number of hydrogen-bond donors (Lipinski definition) is 0. The minimum Gasteiger partial charge on any atom is -0.242 e. The van der Waals surface area contributed by atoms with Gasteiger partial charge in [-0.05, 0) is 37.8 Å². The van der Waals surface area contributed by atoms with Gasteiger partial charge in [0.2, 0.25) is 0 Å². The fourth-order valence-corrected chi connectivity index (χ4v) is 4.54. The largest absolute Gasteiger partial charge is 0.242 e. The van der Waals surface area contributed by atoms with Crippen LogP contribution >= 0.6 is 23.4 Å². The number of rotatable bonds is 3. The molecule has 4 heteroatoms. The second kappa shape index (κ2) is 7.17. The summed E-state index contributed by atoms with van der Waals surface area (Å²) in [6.07, 6.45) is 6.69. The number of hydrazine groups is 1. The maximum atomic E-state index is 6.25. The smallest absolute Gasteiger partial charge is 0.0541 e. The molecular formula is C16H23ClN2S. The number of benzene rings is 1. The summed E-state index contributed by atoms with van der Waals surface area (Å²) in [4.78, 5) is 1.24. The van der Waals surface area contributed by atoms with Gasteiger partial charge in [-0.25, -0.2) is 10.0 Å². The van der Waals surface area contributed by atoms with E-state index in [0.717, 1.165) is 10.3 Å². The maximum absolute atomic E-state index is 6.25. The zero-order chi connectivity index (χ0) is 13.8. The van der Waals surface area contributed by atoms with Crippen molar-refractivity contribution in [2.75, 3.05) is 26.2 Å². The first kappa shape index (κ1) is 14.7. The molecule has 0 spiro atoms. The Bertz CT molecular complexity index is 426. The Labute approximate surface area is 131 Å². The van der Waals surface area contributed by atoms with E-state index in [1.54, 1.807) is 0 Å². The third kappa shape index (κ3) is 3.70. The lowest BCUT2D eigenvalue weighted by Crippen LogP contribution is -2.49. The molecule has 0 N–H and O–H groups in total. The van der Waals surface area contributed by atoms with Crippen LogP contribution in [0.3, 0.4) is 0 Å². The predicted molar refractivity (Wildman–Crippen MR) is 87.3 cm³/mol. The highest BCUT2D eigenvalue weighted by Gasteiger charge is 2.25. The molecule has 0 saturated carbocycles. The Morgan fingerprint density at radius 1 is 0.900 bits per heavy atom. The molecule has 2 saturated heterocycles. The van der Waals surface area contributed by atoms with Crippen LogP contribution in [0, 0.1) is 0 Å². The topological polar surface area (TPSA) is 6.48 Å². The standard InChI is InChI=1S/C16H23ClN2S/c17-15-6-2-3-7-16(15)20-14-8-12-19(13-9-14)18-10-4-1-5-11-18/h2-3,6-7,14H,1,4-5,8-13H2. The maximum Gasteiger partial charge on any atom is 0.0541 e. The lowest BCUT2D eigenvalue weighted by molar-refractivity contribution is -0.0508. The lowest BCUT2D eigenvalue weighted by atomic mass is 10.1. The van der Waals surface area contributed by atoms with Crippen molar-refractivity contribution in [1.29, 1.82) is 0 Å². The zero-order valence-corrected chi connectivity index (χ0v) is 13.5. The molecule has 0 aliphatic carbocycles. The summed E-state index contributed by atoms with van der Waals surface area (Å²) in [6, 6.07) is 8.22. The molecule has 0 radical (unpaired) electrons. The van der Waals surface area contributed by atoms with Gasteiger partial charge in [0.1, 0.15) is 0 Å². The Morgan fingerprint density at radius 2 is 1.55 bits per heavy atom. The molecule has 0 unspecified atom stereocenters. The first-order valence-electron chi connectivity index (χ1n) is 7.74. The van der Waals surface area contributed by atoms with Crippen LogP contribution in [0.2, 0.25) is 5.02 Å². The van der Waals surface area contributed by atoms with Crippen LogP contribution in [-0.2, 0) is 0 Å². The Hall–Kier alpha value is -0.220. The highest BCUT2D eigenvalue weighted by atomic mass is 35.5. The highest BCUT2D eigenvalue weighted by molar-refractivity contribution is 8.00. The van der Waals surface area contributed by atoms with Crippen molar-refractivity contribution in [2.45, 2.75) is 42.2 Å². The van der Waals surface area contributed by atoms with Crippen molar-refractivity contribution in [3.8, 4) is 0 Å². The fraction of sp³-hybridized carbons (Fsp3) is 0.625. The Morgan fingerprint density at radius 3 is 2.25 bits per heavy atom. The molecule has 0 aromatic heterocycles. The molecule has 2 heterocycles. The lowest BCUT2D eigenvalue weighted by Gasteiger charge is -2.41. The van der Waals surface area contributed by atoms with Crippen molar-refractivity contribution in [1.82, 2.24) is 10.0 Å². The molecular weight excluding hydrogens is 288 g/mol. The van der Waals surface area contributed by atoms with E-state index >= 15 is 0 Å². The molecule has 1 aromatic carbocycles. The van der Waals surface area contributed by atoms with E-state index in [0.29, 0.717) is 0 Å². The van der Waals surface area contributed by atoms with Crippen molar-refractivity contribution in [2.24, 2.45) is 0 Å². The third-order valence-corrected chi connectivity index (χ3v) is 6.14. The second-order valence-corrected chi connectivity index (χ2v) is 7.47. The van der Waals surface area contributed by atoms with Gasteiger partial charge < -0.3 is 0 Å². The Balaban J connectivity index is 1.50. The van der Waals surface area contributed by atoms with E-state index in [1.165, 1.54) is 63.2 Å². The van der Waals surface area contributed by atoms with Crippen molar-refractivity contribution in [3.63, 3.8) is 0 Å². The van der Waals surface area contributed by atoms with Crippen LogP contribution in [0.5, 0.6) is 0 Å². The minimum atomic E-state index is 0.718. The SMILES string of the molecule is Clc1ccccc1SC1CCN(N2CCCCC2)CC1. The van der Waals surface area contributed by atoms with Gasteiger partial charge in [-0.1, -0.05) is 30.2 Å². The van der Waals surface area contributed by atoms with Gasteiger partial charge in [0, 0.05) is 36.3 Å². The van der Waals surface area contributed by atoms with E-state index in [4.69, 9.17) is 11.6 Å². The molecule has 2 aliphatic heterocycles. The van der Waals surface area contributed by atoms with Gasteiger partial charge in [0.25, 0.3) is 0 Å². The molecule has 2 aliphatic rings. The van der Waals surface area contributed by atoms with Gasteiger partial charge in [-0.3, -0.25) is 0 Å². The predicted octanol–water partition coefficient (Wildman–Crippen LogP) is 4.30. The summed E-state index contributed by atoms with van der Waals surface area (Å²) < 4.78 is 0. The number of halogens is 1. The molecule has 20 heavy (non-hydrogen) atoms. The van der Waals surface area contributed by atoms with Crippen LogP contribution in [0.4, 0.5) is 0 Å². The first-order chi connectivity index (χ1) is 9.83. The van der Waals surface area contributed by atoms with Crippen molar-refractivity contribution < 1.29 is 0 Å². The first-order valence-corrected chi connectivity index (χ1v) is 9.00. The molecule has 2 nitrogen and oxygen atoms in total. The highest BCUT2D eigenvalue weighted by Crippen LogP contribution is 2.35. The summed E-state index contributed by atoms with van der Waals surface area (Å²) in [6.45, 7) is 4.95. The average molecular weight is 311 g/mol. The number of thioether (sulfide) groups is 1. The third-order valence-electron chi connectivity index (χ3n) is 4.28.